The number of ketones is 1. The standard InChI is InChI=1S/C29H27N5OS.2C2H6/c30-28(36-29(31)32)24-17-25(21-7-3-1-4-8-21)27(34-19-24)23-13-11-20(12-14-23)18-33-16-15-26(35)22-9-5-2-6-10-22;2*1-2/h1-14,17,19,30,33H,15-16,18H2,(H3,31,32);2*1-2H3. The van der Waals surface area contributed by atoms with Gasteiger partial charge in [-0.25, -0.2) is 0 Å². The largest absolute Gasteiger partial charge is 0.378 e. The van der Waals surface area contributed by atoms with Crippen LogP contribution in [0.15, 0.2) is 97.2 Å². The number of nitrogens with zero attached hydrogens (tertiary/aromatic N) is 1. The summed E-state index contributed by atoms with van der Waals surface area (Å²) < 4.78 is 0. The van der Waals surface area contributed by atoms with Crippen LogP contribution < -0.4 is 11.1 Å². The maximum Gasteiger partial charge on any atom is 0.164 e. The lowest BCUT2D eigenvalue weighted by molar-refractivity contribution is 0.0982. The fourth-order valence-electron chi connectivity index (χ4n) is 3.81. The van der Waals surface area contributed by atoms with Gasteiger partial charge in [0.2, 0.25) is 0 Å². The minimum atomic E-state index is -0.126. The van der Waals surface area contributed by atoms with Crippen molar-refractivity contribution in [3.8, 4) is 22.4 Å². The van der Waals surface area contributed by atoms with Gasteiger partial charge in [0.1, 0.15) is 5.04 Å². The summed E-state index contributed by atoms with van der Waals surface area (Å²) in [6.07, 6.45) is 2.11. The smallest absolute Gasteiger partial charge is 0.164 e. The number of rotatable bonds is 9. The summed E-state index contributed by atoms with van der Waals surface area (Å²) in [5, 5.41) is 19.1. The molecule has 0 saturated heterocycles. The normalized spacial score (nSPS) is 9.90. The van der Waals surface area contributed by atoms with Gasteiger partial charge in [0.15, 0.2) is 11.0 Å². The number of carbonyl (C=O) groups is 1. The van der Waals surface area contributed by atoms with Gasteiger partial charge in [-0.05, 0) is 29.0 Å². The molecule has 4 rings (SSSR count). The Kier molecular flexibility index (Phi) is 14.1. The monoisotopic (exact) mass is 553 g/mol. The summed E-state index contributed by atoms with van der Waals surface area (Å²) in [6, 6.07) is 29.4. The van der Waals surface area contributed by atoms with Crippen LogP contribution in [-0.4, -0.2) is 27.5 Å². The molecule has 4 aromatic rings. The van der Waals surface area contributed by atoms with Crippen LogP contribution in [-0.2, 0) is 6.54 Å². The summed E-state index contributed by atoms with van der Waals surface area (Å²) >= 11 is 0.901. The second kappa shape index (κ2) is 17.5. The van der Waals surface area contributed by atoms with Crippen molar-refractivity contribution in [2.45, 2.75) is 40.7 Å². The highest BCUT2D eigenvalue weighted by Crippen LogP contribution is 2.32. The Morgan fingerprint density at radius 3 is 2.02 bits per heavy atom. The Labute approximate surface area is 242 Å². The number of pyridine rings is 1. The van der Waals surface area contributed by atoms with Gasteiger partial charge < -0.3 is 11.1 Å². The average molecular weight is 554 g/mol. The minimum absolute atomic E-state index is 0.126. The number of hydrogen-bond donors (Lipinski definition) is 4. The Balaban J connectivity index is 0.00000134. The van der Waals surface area contributed by atoms with Gasteiger partial charge in [0.25, 0.3) is 0 Å². The molecule has 0 spiro atoms. The van der Waals surface area contributed by atoms with Crippen molar-refractivity contribution in [3.05, 3.63) is 114 Å². The van der Waals surface area contributed by atoms with E-state index in [2.05, 4.69) is 22.4 Å². The first-order valence-electron chi connectivity index (χ1n) is 13.6. The van der Waals surface area contributed by atoms with E-state index in [-0.39, 0.29) is 16.0 Å². The van der Waals surface area contributed by atoms with Crippen molar-refractivity contribution in [1.29, 1.82) is 10.8 Å². The quantitative estimate of drug-likeness (QED) is 0.0731. The molecule has 40 heavy (non-hydrogen) atoms. The number of thioether (sulfide) groups is 1. The molecule has 0 aliphatic rings. The molecule has 6 nitrogen and oxygen atoms in total. The van der Waals surface area contributed by atoms with E-state index in [9.17, 15) is 4.79 Å². The zero-order chi connectivity index (χ0) is 29.3. The molecule has 208 valence electrons. The number of carbonyl (C=O) groups excluding carboxylic acids is 1. The van der Waals surface area contributed by atoms with E-state index >= 15 is 0 Å². The van der Waals surface area contributed by atoms with Gasteiger partial charge in [-0.1, -0.05) is 113 Å². The van der Waals surface area contributed by atoms with Crippen molar-refractivity contribution in [1.82, 2.24) is 10.3 Å². The highest BCUT2D eigenvalue weighted by Gasteiger charge is 2.14. The molecule has 0 bridgehead atoms. The van der Waals surface area contributed by atoms with Crippen LogP contribution in [0, 0.1) is 10.8 Å². The lowest BCUT2D eigenvalue weighted by Gasteiger charge is -2.13. The SMILES string of the molecule is CC.CC.N=C(N)SC(=N)c1cnc(-c2ccc(CNCCC(=O)c3ccccc3)cc2)c(-c2ccccc2)c1. The molecule has 0 radical (unpaired) electrons. The predicted molar refractivity (Wildman–Crippen MR) is 171 cm³/mol. The molecule has 0 aliphatic carbocycles. The highest BCUT2D eigenvalue weighted by atomic mass is 32.2. The molecule has 0 aliphatic heterocycles. The molecule has 0 unspecified atom stereocenters. The Hall–Kier alpha value is -4.07. The first kappa shape index (κ1) is 32.1. The van der Waals surface area contributed by atoms with Gasteiger partial charge in [0, 0.05) is 48.0 Å². The number of hydrogen-bond acceptors (Lipinski definition) is 6. The lowest BCUT2D eigenvalue weighted by atomic mass is 9.97. The van der Waals surface area contributed by atoms with Crippen molar-refractivity contribution in [3.63, 3.8) is 0 Å². The Morgan fingerprint density at radius 1 is 0.825 bits per heavy atom. The van der Waals surface area contributed by atoms with E-state index in [0.717, 1.165) is 45.3 Å². The van der Waals surface area contributed by atoms with Crippen LogP contribution >= 0.6 is 11.8 Å². The maximum atomic E-state index is 12.2. The first-order chi connectivity index (χ1) is 19.5. The molecule has 0 saturated carbocycles. The molecule has 0 amide bonds. The van der Waals surface area contributed by atoms with Gasteiger partial charge in [-0.15, -0.1) is 0 Å². The fraction of sp³-hybridized carbons (Fsp3) is 0.212. The van der Waals surface area contributed by atoms with Crippen LogP contribution in [0.4, 0.5) is 0 Å². The topological polar surface area (TPSA) is 116 Å². The van der Waals surface area contributed by atoms with Crippen LogP contribution in [0.2, 0.25) is 0 Å². The second-order valence-corrected chi connectivity index (χ2v) is 9.25. The lowest BCUT2D eigenvalue weighted by Crippen LogP contribution is -2.17. The highest BCUT2D eigenvalue weighted by molar-refractivity contribution is 8.26. The summed E-state index contributed by atoms with van der Waals surface area (Å²) in [5.74, 6) is 0.135. The number of nitrogens with one attached hydrogen (secondary N) is 3. The number of Topliss-reactive ketones (excluding diaryl/α,β-unsaturated/α-hetero) is 1. The second-order valence-electron chi connectivity index (χ2n) is 8.19. The zero-order valence-electron chi connectivity index (χ0n) is 23.7. The van der Waals surface area contributed by atoms with E-state index in [1.165, 1.54) is 0 Å². The van der Waals surface area contributed by atoms with Crippen LogP contribution in [0.1, 0.15) is 55.6 Å². The van der Waals surface area contributed by atoms with Crippen molar-refractivity contribution in [2.75, 3.05) is 6.54 Å². The third-order valence-electron chi connectivity index (χ3n) is 5.63. The molecule has 5 N–H and O–H groups in total. The third kappa shape index (κ3) is 9.59. The molecule has 1 heterocycles. The van der Waals surface area contributed by atoms with Crippen molar-refractivity contribution < 1.29 is 4.79 Å². The number of aromatic nitrogens is 1. The van der Waals surface area contributed by atoms with E-state index in [1.807, 2.05) is 107 Å². The van der Waals surface area contributed by atoms with Gasteiger partial charge in [-0.2, -0.15) is 0 Å². The molecule has 3 aromatic carbocycles. The molecule has 0 atom stereocenters. The first-order valence-corrected chi connectivity index (χ1v) is 14.4. The van der Waals surface area contributed by atoms with Gasteiger partial charge in [-0.3, -0.25) is 20.6 Å². The van der Waals surface area contributed by atoms with Crippen LogP contribution in [0.25, 0.3) is 22.4 Å². The van der Waals surface area contributed by atoms with E-state index in [0.29, 0.717) is 25.1 Å². The van der Waals surface area contributed by atoms with Crippen molar-refractivity contribution >= 4 is 27.8 Å². The Bertz CT molecular complexity index is 1360. The van der Waals surface area contributed by atoms with Crippen molar-refractivity contribution in [2.24, 2.45) is 5.73 Å². The molecule has 1 aromatic heterocycles. The van der Waals surface area contributed by atoms with Crippen LogP contribution in [0.3, 0.4) is 0 Å². The molecule has 7 heteroatoms. The Morgan fingerprint density at radius 2 is 1.43 bits per heavy atom. The summed E-state index contributed by atoms with van der Waals surface area (Å²) in [6.45, 7) is 9.28. The fourth-order valence-corrected chi connectivity index (χ4v) is 4.26. The zero-order valence-corrected chi connectivity index (χ0v) is 24.5. The average Bonchev–Trinajstić information content (AvgIpc) is 3.02. The van der Waals surface area contributed by atoms with E-state index < -0.39 is 0 Å². The van der Waals surface area contributed by atoms with Gasteiger partial charge >= 0.3 is 0 Å². The molecule has 0 fully saturated rings. The molecular weight excluding hydrogens is 514 g/mol. The van der Waals surface area contributed by atoms with E-state index in [4.69, 9.17) is 16.6 Å². The third-order valence-corrected chi connectivity index (χ3v) is 6.29. The molecular formula is C33H39N5OS. The summed E-state index contributed by atoms with van der Waals surface area (Å²) in [5.41, 5.74) is 11.6. The number of amidine groups is 1. The number of benzene rings is 3. The summed E-state index contributed by atoms with van der Waals surface area (Å²) in [4.78, 5) is 16.9. The minimum Gasteiger partial charge on any atom is -0.378 e. The predicted octanol–water partition coefficient (Wildman–Crippen LogP) is 7.78. The summed E-state index contributed by atoms with van der Waals surface area (Å²) in [7, 11) is 0. The van der Waals surface area contributed by atoms with E-state index in [1.54, 1.807) is 6.20 Å². The van der Waals surface area contributed by atoms with Gasteiger partial charge in [0.05, 0.1) is 5.69 Å². The van der Waals surface area contributed by atoms with Crippen LogP contribution in [0.5, 0.6) is 0 Å². The maximum absolute atomic E-state index is 12.2. The number of nitrogens with two attached hydrogens (primary N) is 1.